The van der Waals surface area contributed by atoms with E-state index < -0.39 is 17.5 Å². The zero-order chi connectivity index (χ0) is 14.0. The van der Waals surface area contributed by atoms with Gasteiger partial charge in [0.1, 0.15) is 0 Å². The molecule has 0 saturated heterocycles. The van der Waals surface area contributed by atoms with Gasteiger partial charge in [0.15, 0.2) is 0 Å². The first-order valence-electron chi connectivity index (χ1n) is 5.55. The van der Waals surface area contributed by atoms with Gasteiger partial charge in [-0.25, -0.2) is 0 Å². The van der Waals surface area contributed by atoms with E-state index in [0.717, 1.165) is 11.1 Å². The number of halogens is 3. The summed E-state index contributed by atoms with van der Waals surface area (Å²) in [5, 5.41) is 1.91. The van der Waals surface area contributed by atoms with Crippen molar-refractivity contribution in [2.24, 2.45) is 0 Å². The molecule has 0 aliphatic heterocycles. The first kappa shape index (κ1) is 14.5. The molecule has 5 heteroatoms. The van der Waals surface area contributed by atoms with Crippen molar-refractivity contribution < 1.29 is 18.0 Å². The van der Waals surface area contributed by atoms with Crippen LogP contribution in [0.5, 0.6) is 0 Å². The van der Waals surface area contributed by atoms with Gasteiger partial charge in [-0.05, 0) is 12.5 Å². The van der Waals surface area contributed by atoms with Crippen molar-refractivity contribution in [3.8, 4) is 0 Å². The van der Waals surface area contributed by atoms with Crippen molar-refractivity contribution in [1.29, 1.82) is 0 Å². The monoisotopic (exact) mass is 259 g/mol. The molecule has 1 rings (SSSR count). The van der Waals surface area contributed by atoms with Crippen LogP contribution in [0, 0.1) is 6.92 Å². The number of hydrogen-bond acceptors (Lipinski definition) is 1. The summed E-state index contributed by atoms with van der Waals surface area (Å²) in [5.74, 6) is -1.90. The molecule has 2 nitrogen and oxygen atoms in total. The Labute approximate surface area is 104 Å². The quantitative estimate of drug-likeness (QED) is 0.888. The summed E-state index contributed by atoms with van der Waals surface area (Å²) in [7, 11) is 0. The SMILES string of the molecule is Cc1ccc(C(C)(C)CNC(=O)C(F)(F)F)cc1. The van der Waals surface area contributed by atoms with Crippen LogP contribution in [-0.2, 0) is 10.2 Å². The third-order valence-corrected chi connectivity index (χ3v) is 2.78. The fourth-order valence-corrected chi connectivity index (χ4v) is 1.51. The molecule has 100 valence electrons. The van der Waals surface area contributed by atoms with E-state index in [1.165, 1.54) is 0 Å². The maximum absolute atomic E-state index is 12.1. The molecule has 1 aromatic rings. The van der Waals surface area contributed by atoms with Gasteiger partial charge < -0.3 is 5.32 Å². The Morgan fingerprint density at radius 2 is 1.67 bits per heavy atom. The van der Waals surface area contributed by atoms with Gasteiger partial charge in [-0.3, -0.25) is 4.79 Å². The predicted molar refractivity (Wildman–Crippen MR) is 63.3 cm³/mol. The van der Waals surface area contributed by atoms with Crippen molar-refractivity contribution in [2.75, 3.05) is 6.54 Å². The molecular weight excluding hydrogens is 243 g/mol. The number of hydrogen-bond donors (Lipinski definition) is 1. The summed E-state index contributed by atoms with van der Waals surface area (Å²) in [4.78, 5) is 10.8. The summed E-state index contributed by atoms with van der Waals surface area (Å²) < 4.78 is 36.2. The second-order valence-electron chi connectivity index (χ2n) is 4.93. The molecule has 0 aromatic heterocycles. The third-order valence-electron chi connectivity index (χ3n) is 2.78. The molecule has 1 aromatic carbocycles. The minimum absolute atomic E-state index is 0.0611. The molecule has 0 bridgehead atoms. The van der Waals surface area contributed by atoms with E-state index in [1.54, 1.807) is 13.8 Å². The number of carbonyl (C=O) groups excluding carboxylic acids is 1. The Bertz CT molecular complexity index is 421. The number of nitrogens with one attached hydrogen (secondary N) is 1. The fourth-order valence-electron chi connectivity index (χ4n) is 1.51. The normalized spacial score (nSPS) is 12.3. The standard InChI is InChI=1S/C13H16F3NO/c1-9-4-6-10(7-5-9)12(2,3)8-17-11(18)13(14,15)16/h4-7H,8H2,1-3H3,(H,17,18). The second kappa shape index (κ2) is 5.00. The van der Waals surface area contributed by atoms with Gasteiger partial charge in [0.2, 0.25) is 0 Å². The second-order valence-corrected chi connectivity index (χ2v) is 4.93. The number of alkyl halides is 3. The van der Waals surface area contributed by atoms with Gasteiger partial charge in [-0.15, -0.1) is 0 Å². The molecular formula is C13H16F3NO. The Hall–Kier alpha value is -1.52. The lowest BCUT2D eigenvalue weighted by Crippen LogP contribution is -2.43. The van der Waals surface area contributed by atoms with Gasteiger partial charge in [0.05, 0.1) is 0 Å². The third kappa shape index (κ3) is 3.75. The highest BCUT2D eigenvalue weighted by molar-refractivity contribution is 5.81. The largest absolute Gasteiger partial charge is 0.471 e. The Kier molecular flexibility index (Phi) is 4.04. The van der Waals surface area contributed by atoms with Crippen LogP contribution in [0.4, 0.5) is 13.2 Å². The summed E-state index contributed by atoms with van der Waals surface area (Å²) in [6.07, 6.45) is -4.83. The van der Waals surface area contributed by atoms with Crippen LogP contribution < -0.4 is 5.32 Å². The van der Waals surface area contributed by atoms with E-state index in [-0.39, 0.29) is 6.54 Å². The summed E-state index contributed by atoms with van der Waals surface area (Å²) in [5.41, 5.74) is 1.42. The number of rotatable bonds is 3. The first-order valence-corrected chi connectivity index (χ1v) is 5.55. The van der Waals surface area contributed by atoms with Gasteiger partial charge >= 0.3 is 12.1 Å². The summed E-state index contributed by atoms with van der Waals surface area (Å²) in [6, 6.07) is 7.50. The number of amides is 1. The van der Waals surface area contributed by atoms with Gasteiger partial charge in [0, 0.05) is 12.0 Å². The molecule has 0 saturated carbocycles. The lowest BCUT2D eigenvalue weighted by molar-refractivity contribution is -0.173. The van der Waals surface area contributed by atoms with E-state index in [9.17, 15) is 18.0 Å². The van der Waals surface area contributed by atoms with Crippen LogP contribution in [0.1, 0.15) is 25.0 Å². The average Bonchev–Trinajstić information content (AvgIpc) is 2.25. The van der Waals surface area contributed by atoms with Crippen LogP contribution in [0.25, 0.3) is 0 Å². The Morgan fingerprint density at radius 1 is 1.17 bits per heavy atom. The van der Waals surface area contributed by atoms with Crippen molar-refractivity contribution in [3.63, 3.8) is 0 Å². The highest BCUT2D eigenvalue weighted by Gasteiger charge is 2.39. The lowest BCUT2D eigenvalue weighted by atomic mass is 9.84. The molecule has 0 aliphatic carbocycles. The molecule has 0 aliphatic rings. The van der Waals surface area contributed by atoms with Crippen LogP contribution in [0.2, 0.25) is 0 Å². The van der Waals surface area contributed by atoms with Crippen LogP contribution in [-0.4, -0.2) is 18.6 Å². The fraction of sp³-hybridized carbons (Fsp3) is 0.462. The van der Waals surface area contributed by atoms with E-state index in [2.05, 4.69) is 0 Å². The predicted octanol–water partition coefficient (Wildman–Crippen LogP) is 2.95. The molecule has 1 amide bonds. The Morgan fingerprint density at radius 3 is 2.11 bits per heavy atom. The smallest absolute Gasteiger partial charge is 0.347 e. The topological polar surface area (TPSA) is 29.1 Å². The zero-order valence-corrected chi connectivity index (χ0v) is 10.6. The maximum atomic E-state index is 12.1. The van der Waals surface area contributed by atoms with Crippen LogP contribution in [0.3, 0.4) is 0 Å². The van der Waals surface area contributed by atoms with Crippen molar-refractivity contribution >= 4 is 5.91 Å². The van der Waals surface area contributed by atoms with Gasteiger partial charge in [-0.1, -0.05) is 43.7 Å². The minimum Gasteiger partial charge on any atom is -0.347 e. The number of aryl methyl sites for hydroxylation is 1. The molecule has 1 N–H and O–H groups in total. The summed E-state index contributed by atoms with van der Waals surface area (Å²) >= 11 is 0. The molecule has 0 radical (unpaired) electrons. The van der Waals surface area contributed by atoms with Crippen molar-refractivity contribution in [1.82, 2.24) is 5.32 Å². The van der Waals surface area contributed by atoms with Crippen LogP contribution >= 0.6 is 0 Å². The van der Waals surface area contributed by atoms with Gasteiger partial charge in [0.25, 0.3) is 0 Å². The van der Waals surface area contributed by atoms with E-state index in [0.29, 0.717) is 0 Å². The van der Waals surface area contributed by atoms with Crippen LogP contribution in [0.15, 0.2) is 24.3 Å². The molecule has 0 atom stereocenters. The highest BCUT2D eigenvalue weighted by atomic mass is 19.4. The number of carbonyl (C=O) groups is 1. The lowest BCUT2D eigenvalue weighted by Gasteiger charge is -2.26. The van der Waals surface area contributed by atoms with E-state index in [4.69, 9.17) is 0 Å². The van der Waals surface area contributed by atoms with Crippen molar-refractivity contribution in [2.45, 2.75) is 32.4 Å². The molecule has 0 unspecified atom stereocenters. The molecule has 0 heterocycles. The minimum atomic E-state index is -4.83. The van der Waals surface area contributed by atoms with E-state index >= 15 is 0 Å². The average molecular weight is 259 g/mol. The molecule has 0 fully saturated rings. The summed E-state index contributed by atoms with van der Waals surface area (Å²) in [6.45, 7) is 5.44. The first-order chi connectivity index (χ1) is 8.13. The zero-order valence-electron chi connectivity index (χ0n) is 10.6. The van der Waals surface area contributed by atoms with Crippen molar-refractivity contribution in [3.05, 3.63) is 35.4 Å². The Balaban J connectivity index is 2.71. The maximum Gasteiger partial charge on any atom is 0.471 e. The number of benzene rings is 1. The molecule has 0 spiro atoms. The molecule has 18 heavy (non-hydrogen) atoms. The van der Waals surface area contributed by atoms with E-state index in [1.807, 2.05) is 36.5 Å². The van der Waals surface area contributed by atoms with Gasteiger partial charge in [-0.2, -0.15) is 13.2 Å². The highest BCUT2D eigenvalue weighted by Crippen LogP contribution is 2.23.